The van der Waals surface area contributed by atoms with Crippen LogP contribution in [-0.4, -0.2) is 32.5 Å². The largest absolute Gasteiger partial charge is 0.478 e. The van der Waals surface area contributed by atoms with Crippen LogP contribution >= 0.6 is 46.5 Å². The summed E-state index contributed by atoms with van der Waals surface area (Å²) in [5.41, 5.74) is 0.104. The van der Waals surface area contributed by atoms with Crippen molar-refractivity contribution < 1.29 is 9.90 Å². The number of thioether (sulfide) groups is 1. The predicted octanol–water partition coefficient (Wildman–Crippen LogP) is 3.16. The number of nitrogens with zero attached hydrogens (tertiary/aromatic N) is 3. The lowest BCUT2D eigenvalue weighted by atomic mass is 10.3. The van der Waals surface area contributed by atoms with Crippen LogP contribution in [0.2, 0.25) is 5.15 Å². The second-order valence-electron chi connectivity index (χ2n) is 2.96. The number of halogens is 1. The fourth-order valence-electron chi connectivity index (χ4n) is 1.06. The van der Waals surface area contributed by atoms with E-state index in [-0.39, 0.29) is 10.7 Å². The van der Waals surface area contributed by atoms with E-state index in [9.17, 15) is 4.79 Å². The van der Waals surface area contributed by atoms with Gasteiger partial charge in [-0.1, -0.05) is 34.7 Å². The van der Waals surface area contributed by atoms with Crippen molar-refractivity contribution in [2.45, 2.75) is 13.7 Å². The van der Waals surface area contributed by atoms with Crippen molar-refractivity contribution in [1.29, 1.82) is 0 Å². The van der Waals surface area contributed by atoms with Crippen LogP contribution in [0.4, 0.5) is 0 Å². The fourth-order valence-corrected chi connectivity index (χ4v) is 3.73. The van der Waals surface area contributed by atoms with Crippen molar-refractivity contribution in [2.75, 3.05) is 6.26 Å². The molecule has 18 heavy (non-hydrogen) atoms. The molecule has 1 N–H and O–H groups in total. The summed E-state index contributed by atoms with van der Waals surface area (Å²) in [6.07, 6.45) is 1.91. The first kappa shape index (κ1) is 13.6. The van der Waals surface area contributed by atoms with Gasteiger partial charge in [0, 0.05) is 0 Å². The molecule has 0 spiro atoms. The summed E-state index contributed by atoms with van der Waals surface area (Å²) in [5.74, 6) is -1.04. The van der Waals surface area contributed by atoms with Gasteiger partial charge in [-0.15, -0.1) is 10.2 Å². The van der Waals surface area contributed by atoms with Crippen molar-refractivity contribution >= 4 is 52.4 Å². The monoisotopic (exact) mass is 319 g/mol. The van der Waals surface area contributed by atoms with E-state index in [1.807, 2.05) is 6.26 Å². The van der Waals surface area contributed by atoms with E-state index >= 15 is 0 Å². The first-order valence-corrected chi connectivity index (χ1v) is 7.78. The third-order valence-corrected chi connectivity index (χ3v) is 4.83. The summed E-state index contributed by atoms with van der Waals surface area (Å²) in [5, 5.41) is 17.5. The highest BCUT2D eigenvalue weighted by Crippen LogP contribution is 2.32. The van der Waals surface area contributed by atoms with Gasteiger partial charge in [0.25, 0.3) is 0 Å². The van der Waals surface area contributed by atoms with Crippen molar-refractivity contribution in [3.8, 4) is 0 Å². The second-order valence-corrected chi connectivity index (χ2v) is 6.65. The lowest BCUT2D eigenvalue weighted by Crippen LogP contribution is -1.97. The van der Waals surface area contributed by atoms with Gasteiger partial charge < -0.3 is 5.11 Å². The molecule has 0 aliphatic heterocycles. The van der Waals surface area contributed by atoms with Gasteiger partial charge in [0.2, 0.25) is 0 Å². The molecule has 0 aliphatic carbocycles. The number of hydrogen-bond donors (Lipinski definition) is 1. The highest BCUT2D eigenvalue weighted by molar-refractivity contribution is 8.02. The molecule has 0 amide bonds. The molecular formula is C9H6ClN3O2S3. The van der Waals surface area contributed by atoms with Crippen LogP contribution in [-0.2, 0) is 0 Å². The summed E-state index contributed by atoms with van der Waals surface area (Å²) >= 11 is 9.93. The Labute approximate surface area is 120 Å². The van der Waals surface area contributed by atoms with Crippen LogP contribution in [0.3, 0.4) is 0 Å². The average Bonchev–Trinajstić information content (AvgIpc) is 2.76. The molecule has 2 aromatic rings. The molecule has 0 bridgehead atoms. The van der Waals surface area contributed by atoms with E-state index in [1.54, 1.807) is 0 Å². The zero-order chi connectivity index (χ0) is 13.1. The Bertz CT molecular complexity index is 590. The van der Waals surface area contributed by atoms with Gasteiger partial charge in [0.15, 0.2) is 8.68 Å². The lowest BCUT2D eigenvalue weighted by Gasteiger charge is -2.00. The maximum atomic E-state index is 10.9. The van der Waals surface area contributed by atoms with E-state index < -0.39 is 5.97 Å². The normalized spacial score (nSPS) is 10.6. The molecule has 0 aromatic carbocycles. The van der Waals surface area contributed by atoms with E-state index in [2.05, 4.69) is 15.2 Å². The number of carboxylic acid groups (broad SMARTS) is 1. The highest BCUT2D eigenvalue weighted by Gasteiger charge is 2.11. The standard InChI is InChI=1S/C9H6ClN3O2S3/c1-16-8-12-13-9(18-8)17-6-3-4(7(14)15)2-5(10)11-6/h2-3H,1H3,(H,14,15). The Balaban J connectivity index is 2.25. The zero-order valence-electron chi connectivity index (χ0n) is 8.95. The number of carbonyl (C=O) groups is 1. The molecule has 0 aliphatic rings. The molecule has 9 heteroatoms. The van der Waals surface area contributed by atoms with E-state index in [4.69, 9.17) is 16.7 Å². The lowest BCUT2D eigenvalue weighted by molar-refractivity contribution is 0.0696. The Morgan fingerprint density at radius 3 is 2.72 bits per heavy atom. The van der Waals surface area contributed by atoms with Gasteiger partial charge in [-0.3, -0.25) is 0 Å². The summed E-state index contributed by atoms with van der Waals surface area (Å²) in [6, 6.07) is 2.76. The van der Waals surface area contributed by atoms with Crippen molar-refractivity contribution in [3.63, 3.8) is 0 Å². The van der Waals surface area contributed by atoms with Gasteiger partial charge in [0.05, 0.1) is 5.56 Å². The van der Waals surface area contributed by atoms with E-state index in [0.29, 0.717) is 9.37 Å². The zero-order valence-corrected chi connectivity index (χ0v) is 12.2. The van der Waals surface area contributed by atoms with Gasteiger partial charge in [-0.05, 0) is 30.2 Å². The molecule has 94 valence electrons. The molecule has 5 nitrogen and oxygen atoms in total. The van der Waals surface area contributed by atoms with Gasteiger partial charge >= 0.3 is 5.97 Å². The van der Waals surface area contributed by atoms with E-state index in [0.717, 1.165) is 4.34 Å². The topological polar surface area (TPSA) is 76.0 Å². The SMILES string of the molecule is CSc1nnc(Sc2cc(C(=O)O)cc(Cl)n2)s1. The number of carboxylic acids is 1. The number of rotatable bonds is 4. The summed E-state index contributed by atoms with van der Waals surface area (Å²) in [7, 11) is 0. The molecule has 0 unspecified atom stereocenters. The Morgan fingerprint density at radius 1 is 1.39 bits per heavy atom. The van der Waals surface area contributed by atoms with Gasteiger partial charge in [-0.2, -0.15) is 0 Å². The number of aromatic nitrogens is 3. The Kier molecular flexibility index (Phi) is 4.44. The van der Waals surface area contributed by atoms with Crippen LogP contribution in [0.5, 0.6) is 0 Å². The molecule has 0 atom stereocenters. The number of hydrogen-bond acceptors (Lipinski definition) is 7. The van der Waals surface area contributed by atoms with Gasteiger partial charge in [-0.25, -0.2) is 9.78 Å². The van der Waals surface area contributed by atoms with Gasteiger partial charge in [0.1, 0.15) is 10.2 Å². The summed E-state index contributed by atoms with van der Waals surface area (Å²) in [4.78, 5) is 14.9. The molecule has 0 radical (unpaired) electrons. The molecule has 2 aromatic heterocycles. The molecule has 2 heterocycles. The molecule has 2 rings (SSSR count). The van der Waals surface area contributed by atoms with Crippen LogP contribution in [0.1, 0.15) is 10.4 Å². The predicted molar refractivity (Wildman–Crippen MR) is 72.0 cm³/mol. The van der Waals surface area contributed by atoms with Crippen LogP contribution < -0.4 is 0 Å². The second kappa shape index (κ2) is 5.87. The third kappa shape index (κ3) is 3.35. The van der Waals surface area contributed by atoms with Crippen molar-refractivity contribution in [3.05, 3.63) is 22.8 Å². The molecule has 0 saturated carbocycles. The maximum Gasteiger partial charge on any atom is 0.335 e. The summed E-state index contributed by atoms with van der Waals surface area (Å²) in [6.45, 7) is 0. The smallest absolute Gasteiger partial charge is 0.335 e. The molecule has 0 saturated heterocycles. The minimum atomic E-state index is -1.04. The first-order valence-electron chi connectivity index (χ1n) is 4.54. The van der Waals surface area contributed by atoms with Crippen LogP contribution in [0.15, 0.2) is 25.8 Å². The Morgan fingerprint density at radius 2 is 2.11 bits per heavy atom. The maximum absolute atomic E-state index is 10.9. The number of aromatic carboxylic acids is 1. The fraction of sp³-hybridized carbons (Fsp3) is 0.111. The average molecular weight is 320 g/mol. The van der Waals surface area contributed by atoms with E-state index in [1.165, 1.54) is 47.0 Å². The van der Waals surface area contributed by atoms with Crippen LogP contribution in [0.25, 0.3) is 0 Å². The quantitative estimate of drug-likeness (QED) is 0.685. The Hall–Kier alpha value is -0.830. The molecular weight excluding hydrogens is 314 g/mol. The summed E-state index contributed by atoms with van der Waals surface area (Å²) < 4.78 is 1.54. The van der Waals surface area contributed by atoms with Crippen molar-refractivity contribution in [2.24, 2.45) is 0 Å². The number of pyridine rings is 1. The minimum absolute atomic E-state index is 0.104. The highest BCUT2D eigenvalue weighted by atomic mass is 35.5. The third-order valence-electron chi connectivity index (χ3n) is 1.77. The van der Waals surface area contributed by atoms with Crippen molar-refractivity contribution in [1.82, 2.24) is 15.2 Å². The first-order chi connectivity index (χ1) is 8.58. The van der Waals surface area contributed by atoms with Crippen LogP contribution in [0, 0.1) is 0 Å². The molecule has 0 fully saturated rings. The minimum Gasteiger partial charge on any atom is -0.478 e.